The van der Waals surface area contributed by atoms with Crippen LogP contribution in [0.2, 0.25) is 0 Å². The van der Waals surface area contributed by atoms with Crippen molar-refractivity contribution in [3.8, 4) is 0 Å². The zero-order chi connectivity index (χ0) is 19.7. The number of amides is 1. The Balaban J connectivity index is 1.55. The molecule has 28 heavy (non-hydrogen) atoms. The molecule has 0 unspecified atom stereocenters. The van der Waals surface area contributed by atoms with Crippen molar-refractivity contribution in [2.24, 2.45) is 4.99 Å². The summed E-state index contributed by atoms with van der Waals surface area (Å²) in [6, 6.07) is 5.84. The Morgan fingerprint density at radius 3 is 2.93 bits per heavy atom. The molecule has 0 atom stereocenters. The van der Waals surface area contributed by atoms with E-state index in [1.165, 1.54) is 40.7 Å². The second-order valence-corrected chi connectivity index (χ2v) is 9.02. The van der Waals surface area contributed by atoms with Crippen LogP contribution in [0.4, 0.5) is 5.69 Å². The highest BCUT2D eigenvalue weighted by molar-refractivity contribution is 7.99. The second kappa shape index (κ2) is 7.40. The van der Waals surface area contributed by atoms with Crippen molar-refractivity contribution < 1.29 is 13.2 Å². The van der Waals surface area contributed by atoms with Gasteiger partial charge in [0.2, 0.25) is 0 Å². The van der Waals surface area contributed by atoms with E-state index >= 15 is 0 Å². The van der Waals surface area contributed by atoms with Crippen LogP contribution in [0.5, 0.6) is 0 Å². The minimum absolute atomic E-state index is 0.0000929. The molecule has 3 heterocycles. The number of nitrogens with zero attached hydrogens (tertiary/aromatic N) is 3. The van der Waals surface area contributed by atoms with E-state index < -0.39 is 21.5 Å². The highest BCUT2D eigenvalue weighted by Crippen LogP contribution is 2.21. The number of carbonyl (C=O) groups is 1. The van der Waals surface area contributed by atoms with Gasteiger partial charge >= 0.3 is 0 Å². The number of carbonyl (C=O) groups excluding carboxylic acids is 1. The van der Waals surface area contributed by atoms with Gasteiger partial charge in [0, 0.05) is 37.1 Å². The fourth-order valence-corrected chi connectivity index (χ4v) is 5.00. The molecular formula is C17H17N5O4S2. The number of benzene rings is 1. The minimum atomic E-state index is -3.80. The van der Waals surface area contributed by atoms with Gasteiger partial charge in [0.25, 0.3) is 21.5 Å². The number of thioether (sulfide) groups is 1. The highest BCUT2D eigenvalue weighted by Gasteiger charge is 2.21. The Hall–Kier alpha value is -2.66. The van der Waals surface area contributed by atoms with E-state index in [9.17, 15) is 18.0 Å². The maximum Gasteiger partial charge on any atom is 0.267 e. The Kier molecular flexibility index (Phi) is 4.94. The third-order valence-electron chi connectivity index (χ3n) is 4.33. The molecule has 0 aliphatic carbocycles. The number of sulfonamides is 1. The Bertz CT molecular complexity index is 1140. The lowest BCUT2D eigenvalue weighted by Crippen LogP contribution is -2.30. The van der Waals surface area contributed by atoms with Crippen molar-refractivity contribution in [2.75, 3.05) is 17.6 Å². The van der Waals surface area contributed by atoms with E-state index in [4.69, 9.17) is 0 Å². The van der Waals surface area contributed by atoms with Crippen LogP contribution >= 0.6 is 11.8 Å². The van der Waals surface area contributed by atoms with E-state index in [-0.39, 0.29) is 16.1 Å². The van der Waals surface area contributed by atoms with Gasteiger partial charge < -0.3 is 5.32 Å². The number of amidine groups is 1. The maximum atomic E-state index is 12.5. The number of hydrogen-bond donors (Lipinski definition) is 2. The number of rotatable bonds is 4. The van der Waals surface area contributed by atoms with E-state index in [0.717, 1.165) is 12.2 Å². The molecule has 2 aliphatic rings. The lowest BCUT2D eigenvalue weighted by atomic mass is 10.2. The zero-order valence-corrected chi connectivity index (χ0v) is 16.3. The van der Waals surface area contributed by atoms with Gasteiger partial charge in [-0.1, -0.05) is 17.8 Å². The minimum Gasteiger partial charge on any atom is -0.322 e. The van der Waals surface area contributed by atoms with Crippen LogP contribution in [-0.2, 0) is 16.6 Å². The number of aliphatic imine (C=N–C) groups is 1. The summed E-state index contributed by atoms with van der Waals surface area (Å²) in [5.41, 5.74) is -0.226. The van der Waals surface area contributed by atoms with Crippen molar-refractivity contribution in [1.82, 2.24) is 14.3 Å². The zero-order valence-electron chi connectivity index (χ0n) is 14.7. The van der Waals surface area contributed by atoms with Crippen LogP contribution in [-0.4, -0.2) is 42.0 Å². The number of fused-ring (bicyclic) bond motifs is 1. The molecule has 0 bridgehead atoms. The van der Waals surface area contributed by atoms with Crippen molar-refractivity contribution >= 4 is 39.2 Å². The molecule has 1 amide bonds. The predicted octanol–water partition coefficient (Wildman–Crippen LogP) is 1.07. The normalized spacial score (nSPS) is 15.8. The molecule has 0 fully saturated rings. The highest BCUT2D eigenvalue weighted by atomic mass is 32.2. The van der Waals surface area contributed by atoms with Crippen molar-refractivity contribution in [2.45, 2.75) is 29.4 Å². The summed E-state index contributed by atoms with van der Waals surface area (Å²) < 4.78 is 28.9. The average Bonchev–Trinajstić information content (AvgIpc) is 3.34. The molecule has 1 aromatic heterocycles. The average molecular weight is 419 g/mol. The molecule has 0 radical (unpaired) electrons. The SMILES string of the molecule is O=C(Nc1cccc(S(=O)(=O)NC2=NCCC2)c1)c1cnc2n(c1=O)CCS2. The summed E-state index contributed by atoms with van der Waals surface area (Å²) >= 11 is 1.46. The van der Waals surface area contributed by atoms with Gasteiger partial charge in [-0.2, -0.15) is 0 Å². The lowest BCUT2D eigenvalue weighted by Gasteiger charge is -2.10. The number of nitrogens with one attached hydrogen (secondary N) is 2. The molecule has 0 saturated carbocycles. The second-order valence-electron chi connectivity index (χ2n) is 6.28. The summed E-state index contributed by atoms with van der Waals surface area (Å²) in [6.45, 7) is 1.12. The van der Waals surface area contributed by atoms with Gasteiger partial charge in [0.1, 0.15) is 11.4 Å². The number of anilines is 1. The lowest BCUT2D eigenvalue weighted by molar-refractivity contribution is 0.102. The molecule has 2 aliphatic heterocycles. The van der Waals surface area contributed by atoms with Crippen LogP contribution in [0.1, 0.15) is 23.2 Å². The first-order valence-electron chi connectivity index (χ1n) is 8.64. The van der Waals surface area contributed by atoms with E-state index in [1.54, 1.807) is 6.07 Å². The van der Waals surface area contributed by atoms with E-state index in [0.29, 0.717) is 30.5 Å². The summed E-state index contributed by atoms with van der Waals surface area (Å²) in [5.74, 6) is 0.544. The van der Waals surface area contributed by atoms with Crippen LogP contribution in [0, 0.1) is 0 Å². The molecule has 1 aromatic carbocycles. The van der Waals surface area contributed by atoms with Gasteiger partial charge in [-0.05, 0) is 24.6 Å². The van der Waals surface area contributed by atoms with Crippen molar-refractivity contribution in [3.63, 3.8) is 0 Å². The molecule has 146 valence electrons. The van der Waals surface area contributed by atoms with E-state index in [2.05, 4.69) is 20.0 Å². The van der Waals surface area contributed by atoms with E-state index in [1.807, 2.05) is 0 Å². The topological polar surface area (TPSA) is 123 Å². The number of aromatic nitrogens is 2. The first kappa shape index (κ1) is 18.7. The molecular weight excluding hydrogens is 402 g/mol. The first-order chi connectivity index (χ1) is 13.4. The third-order valence-corrected chi connectivity index (χ3v) is 6.68. The summed E-state index contributed by atoms with van der Waals surface area (Å²) in [6.07, 6.45) is 2.65. The molecule has 9 nitrogen and oxygen atoms in total. The Morgan fingerprint density at radius 1 is 1.29 bits per heavy atom. The molecule has 2 aromatic rings. The smallest absolute Gasteiger partial charge is 0.267 e. The van der Waals surface area contributed by atoms with Gasteiger partial charge in [-0.15, -0.1) is 0 Å². The molecule has 11 heteroatoms. The Labute approximate surface area is 165 Å². The monoisotopic (exact) mass is 419 g/mol. The quantitative estimate of drug-likeness (QED) is 0.715. The molecule has 0 saturated heterocycles. The Morgan fingerprint density at radius 2 is 2.14 bits per heavy atom. The van der Waals surface area contributed by atoms with Crippen LogP contribution in [0.25, 0.3) is 0 Å². The van der Waals surface area contributed by atoms with Crippen LogP contribution in [0.15, 0.2) is 50.3 Å². The van der Waals surface area contributed by atoms with Gasteiger partial charge in [0.05, 0.1) is 4.90 Å². The molecule has 4 rings (SSSR count). The van der Waals surface area contributed by atoms with Crippen LogP contribution < -0.4 is 15.6 Å². The van der Waals surface area contributed by atoms with Crippen LogP contribution in [0.3, 0.4) is 0 Å². The fourth-order valence-electron chi connectivity index (χ4n) is 2.95. The number of hydrogen-bond acceptors (Lipinski definition) is 7. The first-order valence-corrected chi connectivity index (χ1v) is 11.1. The van der Waals surface area contributed by atoms with Gasteiger partial charge in [-0.25, -0.2) is 13.4 Å². The largest absolute Gasteiger partial charge is 0.322 e. The summed E-state index contributed by atoms with van der Waals surface area (Å²) in [4.78, 5) is 33.2. The molecule has 2 N–H and O–H groups in total. The predicted molar refractivity (Wildman–Crippen MR) is 105 cm³/mol. The standard InChI is InChI=1S/C17H17N5O4S2/c23-15(13-10-19-17-22(16(13)24)7-8-27-17)20-11-3-1-4-12(9-11)28(25,26)21-14-5-2-6-18-14/h1,3-4,9-10H,2,5-8H2,(H,18,21)(H,20,23). The van der Waals surface area contributed by atoms with Crippen molar-refractivity contribution in [1.29, 1.82) is 0 Å². The molecule has 0 spiro atoms. The van der Waals surface area contributed by atoms with Crippen molar-refractivity contribution in [3.05, 3.63) is 46.4 Å². The summed E-state index contributed by atoms with van der Waals surface area (Å²) in [7, 11) is -3.80. The van der Waals surface area contributed by atoms with Gasteiger partial charge in [0.15, 0.2) is 5.16 Å². The third kappa shape index (κ3) is 3.67. The van der Waals surface area contributed by atoms with Gasteiger partial charge in [-0.3, -0.25) is 23.9 Å². The fraction of sp³-hybridized carbons (Fsp3) is 0.294. The maximum absolute atomic E-state index is 12.5. The summed E-state index contributed by atoms with van der Waals surface area (Å²) in [5, 5.41) is 3.17.